The molecule has 1 aromatic rings. The Morgan fingerprint density at radius 2 is 2.29 bits per heavy atom. The highest BCUT2D eigenvalue weighted by Gasteiger charge is 2.19. The summed E-state index contributed by atoms with van der Waals surface area (Å²) < 4.78 is 38.8. The monoisotopic (exact) mass is 280 g/mol. The molecule has 0 saturated carbocycles. The van der Waals surface area contributed by atoms with Crippen LogP contribution in [0.3, 0.4) is 0 Å². The first kappa shape index (κ1) is 14.3. The molecular formula is C10H14ClFN2O2S. The van der Waals surface area contributed by atoms with Crippen LogP contribution in [-0.4, -0.2) is 25.3 Å². The molecule has 1 heterocycles. The molecule has 0 saturated heterocycles. The second kappa shape index (κ2) is 6.28. The lowest BCUT2D eigenvalue weighted by Crippen LogP contribution is -2.26. The van der Waals surface area contributed by atoms with Gasteiger partial charge in [0.15, 0.2) is 5.82 Å². The smallest absolute Gasteiger partial charge is 0.241 e. The van der Waals surface area contributed by atoms with Crippen LogP contribution in [0.25, 0.3) is 0 Å². The van der Waals surface area contributed by atoms with E-state index in [1.165, 1.54) is 12.3 Å². The zero-order valence-corrected chi connectivity index (χ0v) is 10.9. The molecule has 4 nitrogen and oxygen atoms in total. The number of halogens is 2. The van der Waals surface area contributed by atoms with Crippen molar-refractivity contribution < 1.29 is 12.8 Å². The van der Waals surface area contributed by atoms with Crippen LogP contribution in [0, 0.1) is 5.82 Å². The van der Waals surface area contributed by atoms with E-state index in [0.717, 1.165) is 6.07 Å². The quantitative estimate of drug-likeness (QED) is 0.640. The maximum absolute atomic E-state index is 13.2. The molecule has 0 amide bonds. The number of nitrogens with one attached hydrogen (secondary N) is 1. The van der Waals surface area contributed by atoms with E-state index in [1.54, 1.807) is 0 Å². The molecule has 1 aromatic heterocycles. The molecule has 0 spiro atoms. The van der Waals surface area contributed by atoms with Crippen molar-refractivity contribution in [3.63, 3.8) is 0 Å². The highest BCUT2D eigenvalue weighted by molar-refractivity contribution is 7.89. The van der Waals surface area contributed by atoms with Gasteiger partial charge in [-0.05, 0) is 31.9 Å². The second-order valence-corrected chi connectivity index (χ2v) is 6.04. The van der Waals surface area contributed by atoms with E-state index in [-0.39, 0.29) is 11.9 Å². The normalized spacial score (nSPS) is 13.6. The SMILES string of the molecule is CC(Cl)CCCNS(=O)(=O)c1ncccc1F. The first-order valence-electron chi connectivity index (χ1n) is 5.18. The highest BCUT2D eigenvalue weighted by Crippen LogP contribution is 2.10. The number of alkyl halides is 1. The molecule has 17 heavy (non-hydrogen) atoms. The molecule has 0 radical (unpaired) electrons. The van der Waals surface area contributed by atoms with Gasteiger partial charge in [-0.15, -0.1) is 11.6 Å². The molecule has 0 aliphatic heterocycles. The van der Waals surface area contributed by atoms with Gasteiger partial charge < -0.3 is 0 Å². The first-order valence-corrected chi connectivity index (χ1v) is 7.09. The van der Waals surface area contributed by atoms with Crippen LogP contribution in [0.1, 0.15) is 19.8 Å². The average Bonchev–Trinajstić information content (AvgIpc) is 2.24. The summed E-state index contributed by atoms with van der Waals surface area (Å²) in [5.41, 5.74) is 0. The number of nitrogens with zero attached hydrogens (tertiary/aromatic N) is 1. The summed E-state index contributed by atoms with van der Waals surface area (Å²) in [5, 5.41) is -0.579. The lowest BCUT2D eigenvalue weighted by Gasteiger charge is -2.07. The zero-order chi connectivity index (χ0) is 12.9. The second-order valence-electron chi connectivity index (χ2n) is 3.61. The summed E-state index contributed by atoms with van der Waals surface area (Å²) in [6.07, 6.45) is 2.52. The predicted octanol–water partition coefficient (Wildman–Crippen LogP) is 1.91. The van der Waals surface area contributed by atoms with Crippen LogP contribution in [0.2, 0.25) is 0 Å². The van der Waals surface area contributed by atoms with Gasteiger partial charge in [0.05, 0.1) is 0 Å². The number of aromatic nitrogens is 1. The molecule has 1 unspecified atom stereocenters. The van der Waals surface area contributed by atoms with Crippen LogP contribution in [0.15, 0.2) is 23.4 Å². The van der Waals surface area contributed by atoms with Crippen LogP contribution in [-0.2, 0) is 10.0 Å². The molecule has 1 N–H and O–H groups in total. The lowest BCUT2D eigenvalue weighted by atomic mass is 10.2. The molecule has 0 aromatic carbocycles. The minimum atomic E-state index is -3.87. The van der Waals surface area contributed by atoms with Crippen LogP contribution >= 0.6 is 11.6 Å². The lowest BCUT2D eigenvalue weighted by molar-refractivity contribution is 0.542. The number of rotatable bonds is 6. The van der Waals surface area contributed by atoms with Gasteiger partial charge in [0.1, 0.15) is 0 Å². The average molecular weight is 281 g/mol. The Bertz CT molecular complexity index is 465. The Morgan fingerprint density at radius 1 is 1.59 bits per heavy atom. The molecular weight excluding hydrogens is 267 g/mol. The fraction of sp³-hybridized carbons (Fsp3) is 0.500. The Kier molecular flexibility index (Phi) is 5.30. The van der Waals surface area contributed by atoms with Crippen LogP contribution < -0.4 is 4.72 Å². The topological polar surface area (TPSA) is 59.1 Å². The van der Waals surface area contributed by atoms with E-state index in [1.807, 2.05) is 6.92 Å². The largest absolute Gasteiger partial charge is 0.261 e. The summed E-state index contributed by atoms with van der Waals surface area (Å²) in [5.74, 6) is -0.856. The van der Waals surface area contributed by atoms with E-state index in [4.69, 9.17) is 11.6 Å². The van der Waals surface area contributed by atoms with Crippen molar-refractivity contribution in [1.29, 1.82) is 0 Å². The Morgan fingerprint density at radius 3 is 2.88 bits per heavy atom. The maximum atomic E-state index is 13.2. The van der Waals surface area contributed by atoms with E-state index in [0.29, 0.717) is 12.8 Å². The Hall–Kier alpha value is -0.720. The van der Waals surface area contributed by atoms with Crippen molar-refractivity contribution >= 4 is 21.6 Å². The van der Waals surface area contributed by atoms with E-state index < -0.39 is 20.9 Å². The van der Waals surface area contributed by atoms with Gasteiger partial charge in [0, 0.05) is 18.1 Å². The van der Waals surface area contributed by atoms with Gasteiger partial charge in [-0.1, -0.05) is 0 Å². The van der Waals surface area contributed by atoms with Gasteiger partial charge in [-0.25, -0.2) is 22.5 Å². The minimum absolute atomic E-state index is 0.00825. The summed E-state index contributed by atoms with van der Waals surface area (Å²) in [4.78, 5) is 3.51. The Balaban J connectivity index is 2.61. The summed E-state index contributed by atoms with van der Waals surface area (Å²) >= 11 is 5.72. The van der Waals surface area contributed by atoms with Gasteiger partial charge in [-0.2, -0.15) is 0 Å². The van der Waals surface area contributed by atoms with Crippen molar-refractivity contribution in [1.82, 2.24) is 9.71 Å². The van der Waals surface area contributed by atoms with Crippen molar-refractivity contribution in [3.8, 4) is 0 Å². The van der Waals surface area contributed by atoms with Gasteiger partial charge in [0.25, 0.3) is 10.0 Å². The molecule has 7 heteroatoms. The zero-order valence-electron chi connectivity index (χ0n) is 9.36. The third-order valence-electron chi connectivity index (χ3n) is 2.05. The standard InChI is InChI=1S/C10H14ClFN2O2S/c1-8(11)4-2-7-14-17(15,16)10-9(12)5-3-6-13-10/h3,5-6,8,14H,2,4,7H2,1H3. The molecule has 0 aliphatic carbocycles. The minimum Gasteiger partial charge on any atom is -0.241 e. The third-order valence-corrected chi connectivity index (χ3v) is 3.66. The van der Waals surface area contributed by atoms with Crippen molar-refractivity contribution in [2.24, 2.45) is 0 Å². The molecule has 0 aliphatic rings. The van der Waals surface area contributed by atoms with Crippen LogP contribution in [0.5, 0.6) is 0 Å². The van der Waals surface area contributed by atoms with Gasteiger partial charge in [-0.3, -0.25) is 0 Å². The van der Waals surface area contributed by atoms with Crippen LogP contribution in [0.4, 0.5) is 4.39 Å². The van der Waals surface area contributed by atoms with Crippen molar-refractivity contribution in [3.05, 3.63) is 24.1 Å². The molecule has 1 rings (SSSR count). The fourth-order valence-corrected chi connectivity index (χ4v) is 2.46. The number of sulfonamides is 1. The molecule has 0 bridgehead atoms. The summed E-state index contributed by atoms with van der Waals surface area (Å²) in [6.45, 7) is 2.05. The maximum Gasteiger partial charge on any atom is 0.261 e. The van der Waals surface area contributed by atoms with Crippen molar-refractivity contribution in [2.45, 2.75) is 30.2 Å². The summed E-state index contributed by atoms with van der Waals surface area (Å²) in [7, 11) is -3.87. The molecule has 96 valence electrons. The first-order chi connectivity index (χ1) is 7.93. The van der Waals surface area contributed by atoms with E-state index >= 15 is 0 Å². The highest BCUT2D eigenvalue weighted by atomic mass is 35.5. The molecule has 1 atom stereocenters. The van der Waals surface area contributed by atoms with E-state index in [2.05, 4.69) is 9.71 Å². The van der Waals surface area contributed by atoms with Gasteiger partial charge >= 0.3 is 0 Å². The molecule has 0 fully saturated rings. The number of hydrogen-bond donors (Lipinski definition) is 1. The van der Waals surface area contributed by atoms with E-state index in [9.17, 15) is 12.8 Å². The summed E-state index contributed by atoms with van der Waals surface area (Å²) in [6, 6.07) is 2.39. The third kappa shape index (κ3) is 4.57. The number of pyridine rings is 1. The van der Waals surface area contributed by atoms with Crippen molar-refractivity contribution in [2.75, 3.05) is 6.54 Å². The van der Waals surface area contributed by atoms with Gasteiger partial charge in [0.2, 0.25) is 5.03 Å². The Labute approximate surface area is 105 Å². The number of hydrogen-bond acceptors (Lipinski definition) is 3. The predicted molar refractivity (Wildman–Crippen MR) is 63.9 cm³/mol. The fourth-order valence-electron chi connectivity index (χ4n) is 1.23.